The molecule has 3 rings (SSSR count). The fourth-order valence-corrected chi connectivity index (χ4v) is 1.93. The molecule has 18 heavy (non-hydrogen) atoms. The third-order valence-electron chi connectivity index (χ3n) is 2.73. The highest BCUT2D eigenvalue weighted by Crippen LogP contribution is 2.24. The zero-order chi connectivity index (χ0) is 13.1. The largest absolute Gasteiger partial charge is 0.327 e. The summed E-state index contributed by atoms with van der Waals surface area (Å²) in [5.41, 5.74) is 1.91. The number of hydrogen-bond donors (Lipinski definition) is 1. The Morgan fingerprint density at radius 1 is 1.17 bits per heavy atom. The highest BCUT2D eigenvalue weighted by atomic mass is 16.5. The van der Waals surface area contributed by atoms with Gasteiger partial charge in [-0.3, -0.25) is 0 Å². The van der Waals surface area contributed by atoms with Crippen LogP contribution in [0.4, 0.5) is 0 Å². The lowest BCUT2D eigenvalue weighted by atomic mass is 10.4. The van der Waals surface area contributed by atoms with Crippen molar-refractivity contribution in [2.45, 2.75) is 26.9 Å². The monoisotopic (exact) mass is 247 g/mol. The van der Waals surface area contributed by atoms with Gasteiger partial charge in [-0.2, -0.15) is 5.06 Å². The Morgan fingerprint density at radius 3 is 2.44 bits per heavy atom. The van der Waals surface area contributed by atoms with Crippen molar-refractivity contribution in [1.29, 1.82) is 0 Å². The first kappa shape index (κ1) is 12.7. The van der Waals surface area contributed by atoms with Crippen LogP contribution in [0.15, 0.2) is 18.5 Å². The fraction of sp³-hybridized carbons (Fsp3) is 0.417. The van der Waals surface area contributed by atoms with Crippen LogP contribution in [0, 0.1) is 0 Å². The van der Waals surface area contributed by atoms with Crippen molar-refractivity contribution in [3.05, 3.63) is 29.8 Å². The van der Waals surface area contributed by atoms with Crippen LogP contribution < -0.4 is 0 Å². The van der Waals surface area contributed by atoms with Crippen LogP contribution in [-0.2, 0) is 20.1 Å². The van der Waals surface area contributed by atoms with E-state index in [4.69, 9.17) is 0 Å². The van der Waals surface area contributed by atoms with E-state index in [9.17, 15) is 5.21 Å². The standard InChI is InChI=1S/C10H11N5O.C2H6/c1-14-8-6-15(16)5-7(8)13-10(14)9-11-3-2-4-12-9;1-2/h2-4,16H,5-6H2,1H3;1-2H3. The third kappa shape index (κ3) is 2.12. The van der Waals surface area contributed by atoms with E-state index in [1.165, 1.54) is 5.06 Å². The van der Waals surface area contributed by atoms with Gasteiger partial charge in [0, 0.05) is 19.4 Å². The zero-order valence-corrected chi connectivity index (χ0v) is 10.8. The van der Waals surface area contributed by atoms with E-state index in [2.05, 4.69) is 15.0 Å². The van der Waals surface area contributed by atoms with E-state index in [-0.39, 0.29) is 0 Å². The molecule has 0 aromatic carbocycles. The molecule has 0 atom stereocenters. The van der Waals surface area contributed by atoms with E-state index in [0.717, 1.165) is 17.2 Å². The fourth-order valence-electron chi connectivity index (χ4n) is 1.93. The van der Waals surface area contributed by atoms with Gasteiger partial charge in [-0.25, -0.2) is 15.0 Å². The summed E-state index contributed by atoms with van der Waals surface area (Å²) in [4.78, 5) is 12.8. The van der Waals surface area contributed by atoms with Gasteiger partial charge in [-0.15, -0.1) is 0 Å². The molecule has 2 aromatic rings. The summed E-state index contributed by atoms with van der Waals surface area (Å²) in [5.74, 6) is 1.36. The Kier molecular flexibility index (Phi) is 3.69. The molecule has 6 nitrogen and oxygen atoms in total. The maximum Gasteiger partial charge on any atom is 0.195 e. The van der Waals surface area contributed by atoms with E-state index in [0.29, 0.717) is 18.9 Å². The van der Waals surface area contributed by atoms with Crippen molar-refractivity contribution in [3.8, 4) is 11.6 Å². The van der Waals surface area contributed by atoms with Gasteiger partial charge in [0.05, 0.1) is 24.5 Å². The third-order valence-corrected chi connectivity index (χ3v) is 2.73. The summed E-state index contributed by atoms with van der Waals surface area (Å²) < 4.78 is 1.93. The molecule has 0 bridgehead atoms. The molecule has 0 fully saturated rings. The number of rotatable bonds is 1. The van der Waals surface area contributed by atoms with Crippen LogP contribution in [0.5, 0.6) is 0 Å². The number of imidazole rings is 1. The SMILES string of the molecule is CC.Cn1c(-c2ncccn2)nc2c1CN(O)C2. The molecule has 0 saturated heterocycles. The van der Waals surface area contributed by atoms with Crippen LogP contribution in [0.2, 0.25) is 0 Å². The number of nitrogens with zero attached hydrogens (tertiary/aromatic N) is 5. The Labute approximate surface area is 106 Å². The van der Waals surface area contributed by atoms with Gasteiger partial charge >= 0.3 is 0 Å². The Balaban J connectivity index is 0.000000574. The van der Waals surface area contributed by atoms with Gasteiger partial charge in [-0.1, -0.05) is 13.8 Å². The summed E-state index contributed by atoms with van der Waals surface area (Å²) >= 11 is 0. The van der Waals surface area contributed by atoms with E-state index >= 15 is 0 Å². The van der Waals surface area contributed by atoms with Crippen molar-refractivity contribution in [2.24, 2.45) is 7.05 Å². The number of aromatic nitrogens is 4. The molecule has 1 aliphatic rings. The molecule has 0 radical (unpaired) electrons. The van der Waals surface area contributed by atoms with Gasteiger partial charge in [-0.05, 0) is 6.07 Å². The molecule has 0 aliphatic carbocycles. The summed E-state index contributed by atoms with van der Waals surface area (Å²) in [6, 6.07) is 1.77. The minimum absolute atomic E-state index is 0.468. The van der Waals surface area contributed by atoms with Crippen LogP contribution >= 0.6 is 0 Å². The topological polar surface area (TPSA) is 67.1 Å². The Hall–Kier alpha value is -1.79. The lowest BCUT2D eigenvalue weighted by Gasteiger charge is -2.06. The maximum atomic E-state index is 9.37. The van der Waals surface area contributed by atoms with Gasteiger partial charge in [0.1, 0.15) is 0 Å². The van der Waals surface area contributed by atoms with Crippen LogP contribution in [0.3, 0.4) is 0 Å². The van der Waals surface area contributed by atoms with Gasteiger partial charge in [0.2, 0.25) is 0 Å². The van der Waals surface area contributed by atoms with E-state index in [1.807, 2.05) is 25.5 Å². The molecule has 0 spiro atoms. The van der Waals surface area contributed by atoms with Crippen LogP contribution in [-0.4, -0.2) is 29.8 Å². The molecule has 1 aliphatic heterocycles. The summed E-state index contributed by atoms with van der Waals surface area (Å²) in [7, 11) is 1.91. The smallest absolute Gasteiger partial charge is 0.195 e. The predicted molar refractivity (Wildman–Crippen MR) is 66.6 cm³/mol. The maximum absolute atomic E-state index is 9.37. The summed E-state index contributed by atoms with van der Waals surface area (Å²) in [6.45, 7) is 4.97. The lowest BCUT2D eigenvalue weighted by Crippen LogP contribution is -2.12. The second kappa shape index (κ2) is 5.24. The van der Waals surface area contributed by atoms with Crippen LogP contribution in [0.1, 0.15) is 25.2 Å². The van der Waals surface area contributed by atoms with Crippen molar-refractivity contribution in [2.75, 3.05) is 0 Å². The highest BCUT2D eigenvalue weighted by molar-refractivity contribution is 5.46. The predicted octanol–water partition coefficient (Wildman–Crippen LogP) is 1.61. The van der Waals surface area contributed by atoms with Crippen molar-refractivity contribution in [1.82, 2.24) is 24.6 Å². The molecular weight excluding hydrogens is 230 g/mol. The average Bonchev–Trinajstić information content (AvgIpc) is 2.92. The number of fused-ring (bicyclic) bond motifs is 1. The molecule has 96 valence electrons. The quantitative estimate of drug-likeness (QED) is 0.829. The molecule has 3 heterocycles. The minimum atomic E-state index is 0.468. The van der Waals surface area contributed by atoms with Crippen molar-refractivity contribution in [3.63, 3.8) is 0 Å². The average molecular weight is 247 g/mol. The molecule has 0 amide bonds. The molecule has 2 aromatic heterocycles. The summed E-state index contributed by atoms with van der Waals surface area (Å²) in [5, 5.41) is 10.6. The minimum Gasteiger partial charge on any atom is -0.327 e. The molecule has 6 heteroatoms. The van der Waals surface area contributed by atoms with E-state index < -0.39 is 0 Å². The van der Waals surface area contributed by atoms with Gasteiger partial charge < -0.3 is 9.77 Å². The zero-order valence-electron chi connectivity index (χ0n) is 10.8. The molecular formula is C12H17N5O. The van der Waals surface area contributed by atoms with Crippen LogP contribution in [0.25, 0.3) is 11.6 Å². The molecule has 0 saturated carbocycles. The summed E-state index contributed by atoms with van der Waals surface area (Å²) in [6.07, 6.45) is 3.39. The number of hydrogen-bond acceptors (Lipinski definition) is 5. The number of hydroxylamine groups is 2. The highest BCUT2D eigenvalue weighted by Gasteiger charge is 2.25. The van der Waals surface area contributed by atoms with Crippen molar-refractivity contribution >= 4 is 0 Å². The Bertz CT molecular complexity index is 523. The molecule has 0 unspecified atom stereocenters. The second-order valence-electron chi connectivity index (χ2n) is 3.78. The second-order valence-corrected chi connectivity index (χ2v) is 3.78. The van der Waals surface area contributed by atoms with Gasteiger partial charge in [0.15, 0.2) is 11.6 Å². The van der Waals surface area contributed by atoms with E-state index in [1.54, 1.807) is 18.5 Å². The first-order valence-electron chi connectivity index (χ1n) is 6.01. The van der Waals surface area contributed by atoms with Crippen molar-refractivity contribution < 1.29 is 5.21 Å². The first-order valence-corrected chi connectivity index (χ1v) is 6.01. The normalized spacial score (nSPS) is 14.0. The lowest BCUT2D eigenvalue weighted by molar-refractivity contribution is -0.0984. The Morgan fingerprint density at radius 2 is 1.83 bits per heavy atom. The first-order chi connectivity index (χ1) is 8.75. The van der Waals surface area contributed by atoms with Gasteiger partial charge in [0.25, 0.3) is 0 Å². The molecule has 1 N–H and O–H groups in total.